The molecule has 1 aliphatic rings. The predicted molar refractivity (Wildman–Crippen MR) is 92.5 cm³/mol. The number of nitrogens with zero attached hydrogens (tertiary/aromatic N) is 4. The molecule has 1 atom stereocenters. The number of aromatic amines is 1. The molecule has 0 bridgehead atoms. The van der Waals surface area contributed by atoms with Crippen LogP contribution in [0.2, 0.25) is 0 Å². The van der Waals surface area contributed by atoms with E-state index in [0.717, 1.165) is 0 Å². The van der Waals surface area contributed by atoms with E-state index in [2.05, 4.69) is 20.6 Å². The summed E-state index contributed by atoms with van der Waals surface area (Å²) >= 11 is 0. The molecule has 2 aromatic rings. The third-order valence-electron chi connectivity index (χ3n) is 4.34. The van der Waals surface area contributed by atoms with Crippen LogP contribution < -0.4 is 15.2 Å². The lowest BCUT2D eigenvalue weighted by molar-refractivity contribution is 0.307. The van der Waals surface area contributed by atoms with E-state index in [0.29, 0.717) is 31.6 Å². The maximum absolute atomic E-state index is 12.9. The van der Waals surface area contributed by atoms with Crippen molar-refractivity contribution >= 4 is 26.7 Å². The predicted octanol–water partition coefficient (Wildman–Crippen LogP) is -0.319. The third kappa shape index (κ3) is 3.60. The molecular weight excluding hydrogens is 385 g/mol. The van der Waals surface area contributed by atoms with Crippen molar-refractivity contribution in [2.45, 2.75) is 22.6 Å². The number of piperidine rings is 1. The molecular formula is C13H18FN7O3S2. The molecule has 0 saturated carbocycles. The van der Waals surface area contributed by atoms with Crippen molar-refractivity contribution < 1.29 is 17.0 Å². The fourth-order valence-corrected chi connectivity index (χ4v) is 4.98. The van der Waals surface area contributed by atoms with E-state index in [1.165, 1.54) is 6.07 Å². The highest BCUT2D eigenvalue weighted by molar-refractivity contribution is 7.90. The van der Waals surface area contributed by atoms with Gasteiger partial charge in [0, 0.05) is 18.8 Å². The molecule has 0 radical (unpaired) electrons. The molecule has 1 saturated heterocycles. The fraction of sp³-hybridized carbons (Fsp3) is 0.462. The maximum atomic E-state index is 12.9. The summed E-state index contributed by atoms with van der Waals surface area (Å²) in [6.45, 7) is 0.655. The number of alkyl halides is 1. The zero-order valence-electron chi connectivity index (χ0n) is 13.6. The number of anilines is 1. The lowest BCUT2D eigenvalue weighted by Crippen LogP contribution is -2.35. The first kappa shape index (κ1) is 18.8. The summed E-state index contributed by atoms with van der Waals surface area (Å²) in [6, 6.07) is 2.95. The smallest absolute Gasteiger partial charge is 0.240 e. The van der Waals surface area contributed by atoms with Crippen LogP contribution in [-0.2, 0) is 21.0 Å². The van der Waals surface area contributed by atoms with Crippen molar-refractivity contribution in [1.29, 1.82) is 0 Å². The van der Waals surface area contributed by atoms with Gasteiger partial charge in [-0.25, -0.2) is 22.9 Å². The largest absolute Gasteiger partial charge is 0.371 e. The van der Waals surface area contributed by atoms with Gasteiger partial charge in [0.25, 0.3) is 0 Å². The minimum Gasteiger partial charge on any atom is -0.371 e. The zero-order valence-corrected chi connectivity index (χ0v) is 15.3. The number of nitrogens with one attached hydrogen (secondary N) is 1. The normalized spacial score (nSPS) is 17.4. The number of rotatable bonds is 5. The van der Waals surface area contributed by atoms with Crippen LogP contribution in [0.25, 0.3) is 11.4 Å². The molecule has 3 rings (SSSR count). The topological polar surface area (TPSA) is 161 Å². The summed E-state index contributed by atoms with van der Waals surface area (Å²) < 4.78 is 49.2. The minimum atomic E-state index is -4.29. The van der Waals surface area contributed by atoms with Gasteiger partial charge < -0.3 is 4.90 Å². The summed E-state index contributed by atoms with van der Waals surface area (Å²) in [5, 5.41) is 24.2. The van der Waals surface area contributed by atoms with Crippen molar-refractivity contribution in [3.05, 3.63) is 12.1 Å². The average Bonchev–Trinajstić information content (AvgIpc) is 3.14. The molecule has 1 aromatic heterocycles. The number of sulfonamides is 1. The monoisotopic (exact) mass is 403 g/mol. The Balaban J connectivity index is 2.21. The van der Waals surface area contributed by atoms with Gasteiger partial charge in [0.1, 0.15) is 15.9 Å². The summed E-state index contributed by atoms with van der Waals surface area (Å²) in [7, 11) is -6.39. The first-order valence-electron chi connectivity index (χ1n) is 7.73. The first-order valence-corrected chi connectivity index (χ1v) is 10.5. The van der Waals surface area contributed by atoms with Gasteiger partial charge in [0.05, 0.1) is 17.1 Å². The molecule has 5 N–H and O–H groups in total. The number of halogens is 1. The molecule has 142 valence electrons. The van der Waals surface area contributed by atoms with Crippen LogP contribution in [0.15, 0.2) is 21.9 Å². The molecule has 1 aromatic carbocycles. The van der Waals surface area contributed by atoms with Crippen molar-refractivity contribution in [3.63, 3.8) is 0 Å². The molecule has 0 aliphatic carbocycles. The zero-order chi connectivity index (χ0) is 18.9. The molecule has 26 heavy (non-hydrogen) atoms. The van der Waals surface area contributed by atoms with E-state index < -0.39 is 25.9 Å². The van der Waals surface area contributed by atoms with Gasteiger partial charge in [-0.15, -0.1) is 10.2 Å². The molecule has 2 heterocycles. The number of aromatic nitrogens is 4. The number of benzene rings is 1. The van der Waals surface area contributed by atoms with Gasteiger partial charge >= 0.3 is 0 Å². The van der Waals surface area contributed by atoms with Crippen LogP contribution in [0, 0.1) is 5.92 Å². The van der Waals surface area contributed by atoms with Crippen molar-refractivity contribution in [3.8, 4) is 11.4 Å². The van der Waals surface area contributed by atoms with E-state index >= 15 is 0 Å². The maximum Gasteiger partial charge on any atom is 0.240 e. The number of hydrogen-bond donors (Lipinski definition) is 3. The molecule has 1 aliphatic heterocycles. The first-order chi connectivity index (χ1) is 12.3. The Bertz CT molecular complexity index is 912. The highest BCUT2D eigenvalue weighted by Gasteiger charge is 2.30. The Kier molecular flexibility index (Phi) is 5.32. The summed E-state index contributed by atoms with van der Waals surface area (Å²) in [6.07, 6.45) is 1.24. The highest BCUT2D eigenvalue weighted by atomic mass is 32.2. The lowest BCUT2D eigenvalue weighted by atomic mass is 9.97. The van der Waals surface area contributed by atoms with Crippen LogP contribution in [0.1, 0.15) is 12.8 Å². The summed E-state index contributed by atoms with van der Waals surface area (Å²) in [5.41, 5.74) is 0.568. The number of primary sulfonamides is 1. The van der Waals surface area contributed by atoms with E-state index in [-0.39, 0.29) is 28.9 Å². The number of hydrogen-bond acceptors (Lipinski definition) is 7. The second kappa shape index (κ2) is 7.34. The Hall–Kier alpha value is -1.96. The number of tetrazole rings is 1. The van der Waals surface area contributed by atoms with Crippen LogP contribution in [0.4, 0.5) is 10.1 Å². The Morgan fingerprint density at radius 3 is 2.54 bits per heavy atom. The second-order valence-corrected chi connectivity index (χ2v) is 8.48. The Morgan fingerprint density at radius 1 is 1.35 bits per heavy atom. The van der Waals surface area contributed by atoms with E-state index in [4.69, 9.17) is 10.3 Å². The average molecular weight is 403 g/mol. The van der Waals surface area contributed by atoms with Crippen LogP contribution >= 0.6 is 0 Å². The Morgan fingerprint density at radius 2 is 2.04 bits per heavy atom. The van der Waals surface area contributed by atoms with Gasteiger partial charge in [0.2, 0.25) is 15.8 Å². The number of H-pyrrole nitrogens is 1. The van der Waals surface area contributed by atoms with E-state index in [9.17, 15) is 17.0 Å². The quantitative estimate of drug-likeness (QED) is 0.616. The molecule has 1 unspecified atom stereocenters. The fourth-order valence-electron chi connectivity index (χ4n) is 3.07. The Labute approximate surface area is 151 Å². The van der Waals surface area contributed by atoms with Crippen molar-refractivity contribution in [1.82, 2.24) is 20.6 Å². The summed E-state index contributed by atoms with van der Waals surface area (Å²) in [5.74, 6) is -0.0302. The minimum absolute atomic E-state index is 0.0102. The van der Waals surface area contributed by atoms with Crippen molar-refractivity contribution in [2.24, 2.45) is 16.2 Å². The standard InChI is InChI=1S/C13H18FN7O3S2/c14-7-8-3-5-21(6-4-8)9-1-2-10(25(15)22)12(26(16,23)24)11(9)13-17-19-20-18-13/h1-2,8H,3-7,15H2,(H2,16,23,24)(H,17,18,19,20). The van der Waals surface area contributed by atoms with Gasteiger partial charge in [-0.2, -0.15) is 5.21 Å². The second-order valence-electron chi connectivity index (χ2n) is 5.95. The number of nitrogens with two attached hydrogens (primary N) is 2. The van der Waals surface area contributed by atoms with Gasteiger partial charge in [-0.3, -0.25) is 4.39 Å². The molecule has 13 heteroatoms. The SMILES string of the molecule is NS(=O)c1ccc(N2CCC(CF)CC2)c(-c2nn[nH]n2)c1S(N)(=O)=O. The van der Waals surface area contributed by atoms with E-state index in [1.807, 2.05) is 4.90 Å². The van der Waals surface area contributed by atoms with Crippen LogP contribution in [0.5, 0.6) is 0 Å². The van der Waals surface area contributed by atoms with Gasteiger partial charge in [0.15, 0.2) is 0 Å². The van der Waals surface area contributed by atoms with Gasteiger partial charge in [-0.1, -0.05) is 0 Å². The highest BCUT2D eigenvalue weighted by Crippen LogP contribution is 2.38. The summed E-state index contributed by atoms with van der Waals surface area (Å²) in [4.78, 5) is 1.36. The molecule has 0 spiro atoms. The van der Waals surface area contributed by atoms with Crippen LogP contribution in [-0.4, -0.2) is 53.0 Å². The lowest BCUT2D eigenvalue weighted by Gasteiger charge is -2.34. The van der Waals surface area contributed by atoms with E-state index in [1.54, 1.807) is 6.07 Å². The van der Waals surface area contributed by atoms with Gasteiger partial charge in [-0.05, 0) is 36.1 Å². The van der Waals surface area contributed by atoms with Crippen molar-refractivity contribution in [2.75, 3.05) is 24.7 Å². The molecule has 1 fully saturated rings. The molecule has 0 amide bonds. The molecule has 10 nitrogen and oxygen atoms in total. The third-order valence-corrected chi connectivity index (χ3v) is 6.24. The van der Waals surface area contributed by atoms with Crippen LogP contribution in [0.3, 0.4) is 0 Å².